The largest absolute Gasteiger partial charge is 0.493 e. The van der Waals surface area contributed by atoms with Gasteiger partial charge in [0, 0.05) is 12.0 Å². The van der Waals surface area contributed by atoms with Crippen LogP contribution in [-0.4, -0.2) is 30.1 Å². The normalized spacial score (nSPS) is 10.4. The monoisotopic (exact) mass is 491 g/mol. The van der Waals surface area contributed by atoms with Crippen LogP contribution in [0.15, 0.2) is 78.9 Å². The Labute approximate surface area is 210 Å². The zero-order valence-corrected chi connectivity index (χ0v) is 20.6. The SMILES string of the molecule is CC(C)c1ccc(OCC(=O)NNC(=S)NC(=O)c2ccc(OCCc3ccccc3)cc2)cc1. The number of thiocarbonyl (C=S) groups is 1. The molecule has 0 radical (unpaired) electrons. The van der Waals surface area contributed by atoms with Crippen molar-refractivity contribution in [3.05, 3.63) is 95.6 Å². The summed E-state index contributed by atoms with van der Waals surface area (Å²) in [5.41, 5.74) is 7.68. The fourth-order valence-electron chi connectivity index (χ4n) is 3.10. The molecule has 0 spiro atoms. The van der Waals surface area contributed by atoms with Crippen molar-refractivity contribution in [3.63, 3.8) is 0 Å². The predicted octanol–water partition coefficient (Wildman–Crippen LogP) is 4.15. The van der Waals surface area contributed by atoms with E-state index in [4.69, 9.17) is 21.7 Å². The fourth-order valence-corrected chi connectivity index (χ4v) is 3.24. The number of hydrazine groups is 1. The van der Waals surface area contributed by atoms with Gasteiger partial charge in [0.1, 0.15) is 11.5 Å². The molecule has 3 aromatic carbocycles. The Bertz CT molecular complexity index is 1120. The van der Waals surface area contributed by atoms with Gasteiger partial charge in [-0.3, -0.25) is 25.8 Å². The molecule has 0 aromatic heterocycles. The van der Waals surface area contributed by atoms with Crippen LogP contribution in [0.25, 0.3) is 0 Å². The first-order valence-corrected chi connectivity index (χ1v) is 11.7. The summed E-state index contributed by atoms with van der Waals surface area (Å²) < 4.78 is 11.2. The Kier molecular flexibility index (Phi) is 9.62. The molecule has 3 aromatic rings. The summed E-state index contributed by atoms with van der Waals surface area (Å²) in [6, 6.07) is 24.4. The third kappa shape index (κ3) is 8.75. The Balaban J connectivity index is 1.35. The molecule has 0 aliphatic heterocycles. The van der Waals surface area contributed by atoms with E-state index in [1.54, 1.807) is 24.3 Å². The van der Waals surface area contributed by atoms with Gasteiger partial charge in [0.05, 0.1) is 6.61 Å². The number of carbonyl (C=O) groups excluding carboxylic acids is 2. The number of amides is 2. The molecule has 0 aliphatic carbocycles. The number of hydrogen-bond acceptors (Lipinski definition) is 5. The maximum absolute atomic E-state index is 12.4. The van der Waals surface area contributed by atoms with Crippen molar-refractivity contribution in [1.29, 1.82) is 0 Å². The van der Waals surface area contributed by atoms with Crippen LogP contribution in [0.3, 0.4) is 0 Å². The number of hydrogen-bond donors (Lipinski definition) is 3. The van der Waals surface area contributed by atoms with Gasteiger partial charge in [0.15, 0.2) is 11.7 Å². The lowest BCUT2D eigenvalue weighted by Gasteiger charge is -2.12. The molecule has 0 heterocycles. The van der Waals surface area contributed by atoms with Gasteiger partial charge in [-0.05, 0) is 65.7 Å². The van der Waals surface area contributed by atoms with Crippen LogP contribution in [0.4, 0.5) is 0 Å². The molecular formula is C27H29N3O4S. The van der Waals surface area contributed by atoms with Gasteiger partial charge in [-0.1, -0.05) is 56.3 Å². The lowest BCUT2D eigenvalue weighted by Crippen LogP contribution is -2.49. The van der Waals surface area contributed by atoms with Gasteiger partial charge >= 0.3 is 0 Å². The van der Waals surface area contributed by atoms with E-state index in [9.17, 15) is 9.59 Å². The van der Waals surface area contributed by atoms with Crippen molar-refractivity contribution >= 4 is 29.1 Å². The number of ether oxygens (including phenoxy) is 2. The first kappa shape index (κ1) is 25.7. The fraction of sp³-hybridized carbons (Fsp3) is 0.222. The van der Waals surface area contributed by atoms with E-state index in [-0.39, 0.29) is 11.7 Å². The van der Waals surface area contributed by atoms with Crippen LogP contribution >= 0.6 is 12.2 Å². The van der Waals surface area contributed by atoms with Gasteiger partial charge < -0.3 is 9.47 Å². The van der Waals surface area contributed by atoms with Crippen LogP contribution in [0.5, 0.6) is 11.5 Å². The zero-order valence-electron chi connectivity index (χ0n) is 19.7. The lowest BCUT2D eigenvalue weighted by molar-refractivity contribution is -0.123. The molecule has 182 valence electrons. The molecule has 2 amide bonds. The molecular weight excluding hydrogens is 462 g/mol. The molecule has 0 aliphatic rings. The zero-order chi connectivity index (χ0) is 25.0. The summed E-state index contributed by atoms with van der Waals surface area (Å²) >= 11 is 5.07. The Morgan fingerprint density at radius 1 is 0.829 bits per heavy atom. The van der Waals surface area contributed by atoms with Crippen LogP contribution in [-0.2, 0) is 11.2 Å². The number of benzene rings is 3. The van der Waals surface area contributed by atoms with Gasteiger partial charge in [-0.2, -0.15) is 0 Å². The van der Waals surface area contributed by atoms with E-state index in [0.29, 0.717) is 29.6 Å². The number of rotatable bonds is 9. The minimum absolute atomic E-state index is 0.0344. The van der Waals surface area contributed by atoms with Crippen LogP contribution < -0.4 is 25.6 Å². The summed E-state index contributed by atoms with van der Waals surface area (Å²) in [7, 11) is 0. The highest BCUT2D eigenvalue weighted by atomic mass is 32.1. The van der Waals surface area contributed by atoms with Crippen molar-refractivity contribution in [2.24, 2.45) is 0 Å². The molecule has 0 saturated heterocycles. The van der Waals surface area contributed by atoms with E-state index in [2.05, 4.69) is 42.1 Å². The van der Waals surface area contributed by atoms with E-state index >= 15 is 0 Å². The molecule has 8 heteroatoms. The highest BCUT2D eigenvalue weighted by Gasteiger charge is 2.10. The van der Waals surface area contributed by atoms with E-state index in [1.807, 2.05) is 42.5 Å². The second-order valence-corrected chi connectivity index (χ2v) is 8.49. The second-order valence-electron chi connectivity index (χ2n) is 8.08. The predicted molar refractivity (Wildman–Crippen MR) is 139 cm³/mol. The molecule has 3 rings (SSSR count). The van der Waals surface area contributed by atoms with Crippen molar-refractivity contribution < 1.29 is 19.1 Å². The Morgan fingerprint density at radius 2 is 1.46 bits per heavy atom. The van der Waals surface area contributed by atoms with Crippen LogP contribution in [0, 0.1) is 0 Å². The van der Waals surface area contributed by atoms with Gasteiger partial charge in [-0.25, -0.2) is 0 Å². The van der Waals surface area contributed by atoms with E-state index < -0.39 is 11.8 Å². The highest BCUT2D eigenvalue weighted by molar-refractivity contribution is 7.80. The molecule has 7 nitrogen and oxygen atoms in total. The quantitative estimate of drug-likeness (QED) is 0.308. The number of carbonyl (C=O) groups is 2. The average molecular weight is 492 g/mol. The third-order valence-corrected chi connectivity index (χ3v) is 5.28. The van der Waals surface area contributed by atoms with Gasteiger partial charge in [0.25, 0.3) is 11.8 Å². The third-order valence-electron chi connectivity index (χ3n) is 5.08. The minimum Gasteiger partial charge on any atom is -0.493 e. The topological polar surface area (TPSA) is 88.7 Å². The van der Waals surface area contributed by atoms with E-state index in [1.165, 1.54) is 11.1 Å². The Hall–Kier alpha value is -3.91. The first-order valence-electron chi connectivity index (χ1n) is 11.3. The van der Waals surface area contributed by atoms with Crippen LogP contribution in [0.1, 0.15) is 41.3 Å². The highest BCUT2D eigenvalue weighted by Crippen LogP contribution is 2.18. The van der Waals surface area contributed by atoms with Gasteiger partial charge in [0.2, 0.25) is 0 Å². The van der Waals surface area contributed by atoms with Crippen molar-refractivity contribution in [3.8, 4) is 11.5 Å². The maximum atomic E-state index is 12.4. The summed E-state index contributed by atoms with van der Waals surface area (Å²) in [5.74, 6) is 0.835. The number of nitrogens with one attached hydrogen (secondary N) is 3. The smallest absolute Gasteiger partial charge is 0.276 e. The molecule has 3 N–H and O–H groups in total. The Morgan fingerprint density at radius 3 is 2.11 bits per heavy atom. The molecule has 0 atom stereocenters. The summed E-state index contributed by atoms with van der Waals surface area (Å²) in [5, 5.41) is 2.48. The average Bonchev–Trinajstić information content (AvgIpc) is 2.87. The molecule has 0 unspecified atom stereocenters. The maximum Gasteiger partial charge on any atom is 0.276 e. The van der Waals surface area contributed by atoms with Crippen molar-refractivity contribution in [1.82, 2.24) is 16.2 Å². The van der Waals surface area contributed by atoms with Gasteiger partial charge in [-0.15, -0.1) is 0 Å². The minimum atomic E-state index is -0.438. The van der Waals surface area contributed by atoms with E-state index in [0.717, 1.165) is 6.42 Å². The summed E-state index contributed by atoms with van der Waals surface area (Å²) in [4.78, 5) is 24.4. The first-order chi connectivity index (χ1) is 16.9. The molecule has 0 fully saturated rings. The second kappa shape index (κ2) is 13.1. The molecule has 0 saturated carbocycles. The molecule has 35 heavy (non-hydrogen) atoms. The standard InChI is InChI=1S/C27H29N3O4S/c1-19(2)21-8-12-24(13-9-21)34-18-25(31)29-30-27(35)28-26(32)22-10-14-23(15-11-22)33-17-16-20-6-4-3-5-7-20/h3-15,19H,16-18H2,1-2H3,(H,29,31)(H2,28,30,32,35). The summed E-state index contributed by atoms with van der Waals surface area (Å²) in [6.45, 7) is 4.55. The van der Waals surface area contributed by atoms with Crippen molar-refractivity contribution in [2.45, 2.75) is 26.2 Å². The molecule has 0 bridgehead atoms. The summed E-state index contributed by atoms with van der Waals surface area (Å²) in [6.07, 6.45) is 0.796. The van der Waals surface area contributed by atoms with Crippen LogP contribution in [0.2, 0.25) is 0 Å². The van der Waals surface area contributed by atoms with Crippen molar-refractivity contribution in [2.75, 3.05) is 13.2 Å². The lowest BCUT2D eigenvalue weighted by atomic mass is 10.0.